The summed E-state index contributed by atoms with van der Waals surface area (Å²) in [6, 6.07) is 7.51. The van der Waals surface area contributed by atoms with Crippen molar-refractivity contribution in [3.8, 4) is 0 Å². The highest BCUT2D eigenvalue weighted by atomic mass is 35.5. The summed E-state index contributed by atoms with van der Waals surface area (Å²) in [4.78, 5) is 11.7. The molecule has 2 N–H and O–H groups in total. The summed E-state index contributed by atoms with van der Waals surface area (Å²) < 4.78 is 0. The number of carbonyl (C=O) groups is 1. The number of hydrogen-bond donors (Lipinski definition) is 2. The number of hydrogen-bond acceptors (Lipinski definition) is 2. The summed E-state index contributed by atoms with van der Waals surface area (Å²) in [5.74, 6) is -0.0315. The van der Waals surface area contributed by atoms with E-state index in [0.717, 1.165) is 19.5 Å². The molecule has 4 heteroatoms. The smallest absolute Gasteiger partial charge is 0.251 e. The molecule has 0 saturated carbocycles. The summed E-state index contributed by atoms with van der Waals surface area (Å²) in [6.45, 7) is 1.83. The van der Waals surface area contributed by atoms with Gasteiger partial charge in [-0.1, -0.05) is 11.6 Å². The van der Waals surface area contributed by atoms with Gasteiger partial charge in [0.15, 0.2) is 0 Å². The van der Waals surface area contributed by atoms with Gasteiger partial charge in [-0.25, -0.2) is 0 Å². The van der Waals surface area contributed by atoms with Crippen molar-refractivity contribution in [1.29, 1.82) is 0 Å². The number of benzene rings is 1. The van der Waals surface area contributed by atoms with Crippen LogP contribution in [0, 0.1) is 0 Å². The first-order valence-electron chi connectivity index (χ1n) is 5.53. The van der Waals surface area contributed by atoms with Gasteiger partial charge in [-0.2, -0.15) is 0 Å². The van der Waals surface area contributed by atoms with Gasteiger partial charge in [0.1, 0.15) is 0 Å². The molecular formula is C12H15ClN2O. The maximum Gasteiger partial charge on any atom is 0.251 e. The Hall–Kier alpha value is -1.06. The van der Waals surface area contributed by atoms with Crippen LogP contribution in [0.25, 0.3) is 0 Å². The van der Waals surface area contributed by atoms with E-state index in [1.807, 2.05) is 0 Å². The monoisotopic (exact) mass is 238 g/mol. The molecule has 1 aromatic rings. The van der Waals surface area contributed by atoms with Crippen LogP contribution in [-0.4, -0.2) is 25.0 Å². The molecule has 0 bridgehead atoms. The van der Waals surface area contributed by atoms with Gasteiger partial charge in [0, 0.05) is 23.2 Å². The molecule has 0 radical (unpaired) electrons. The summed E-state index contributed by atoms with van der Waals surface area (Å²) >= 11 is 5.75. The molecule has 0 spiro atoms. The number of carbonyl (C=O) groups excluding carboxylic acids is 1. The topological polar surface area (TPSA) is 41.1 Å². The molecule has 1 amide bonds. The first-order chi connectivity index (χ1) is 7.75. The lowest BCUT2D eigenvalue weighted by Gasteiger charge is -2.27. The predicted octanol–water partition coefficient (Wildman–Crippen LogP) is 1.82. The molecule has 2 rings (SSSR count). The number of nitrogens with one attached hydrogen (secondary N) is 2. The predicted molar refractivity (Wildman–Crippen MR) is 64.8 cm³/mol. The number of amides is 1. The van der Waals surface area contributed by atoms with Gasteiger partial charge in [0.2, 0.25) is 0 Å². The van der Waals surface area contributed by atoms with E-state index in [2.05, 4.69) is 10.6 Å². The molecule has 1 aromatic carbocycles. The summed E-state index contributed by atoms with van der Waals surface area (Å²) in [6.07, 6.45) is 2.22. The number of halogens is 1. The second-order valence-electron chi connectivity index (χ2n) is 3.99. The Balaban J connectivity index is 1.76. The van der Waals surface area contributed by atoms with Gasteiger partial charge in [-0.3, -0.25) is 4.79 Å². The van der Waals surface area contributed by atoms with E-state index < -0.39 is 0 Å². The minimum Gasteiger partial charge on any atom is -0.352 e. The molecule has 1 aliphatic rings. The standard InChI is InChI=1S/C12H15ClN2O/c13-10-3-1-9(2-4-10)12(16)15-8-6-11-5-7-14-11/h1-4,11,14H,5-8H2,(H,15,16). The van der Waals surface area contributed by atoms with Crippen molar-refractivity contribution in [1.82, 2.24) is 10.6 Å². The maximum absolute atomic E-state index is 11.7. The van der Waals surface area contributed by atoms with Gasteiger partial charge < -0.3 is 10.6 Å². The summed E-state index contributed by atoms with van der Waals surface area (Å²) in [7, 11) is 0. The van der Waals surface area contributed by atoms with Crippen molar-refractivity contribution in [2.45, 2.75) is 18.9 Å². The van der Waals surface area contributed by atoms with Gasteiger partial charge in [0.05, 0.1) is 0 Å². The zero-order valence-electron chi connectivity index (χ0n) is 9.00. The fraction of sp³-hybridized carbons (Fsp3) is 0.417. The molecule has 3 nitrogen and oxygen atoms in total. The molecule has 1 heterocycles. The van der Waals surface area contributed by atoms with E-state index in [4.69, 9.17) is 11.6 Å². The molecule has 0 aliphatic carbocycles. The second-order valence-corrected chi connectivity index (χ2v) is 4.43. The Morgan fingerprint density at radius 2 is 2.12 bits per heavy atom. The Bertz CT molecular complexity index is 360. The zero-order chi connectivity index (χ0) is 11.4. The van der Waals surface area contributed by atoms with Gasteiger partial charge >= 0.3 is 0 Å². The minimum absolute atomic E-state index is 0.0315. The molecule has 1 unspecified atom stereocenters. The van der Waals surface area contributed by atoms with Crippen molar-refractivity contribution in [3.05, 3.63) is 34.9 Å². The SMILES string of the molecule is O=C(NCCC1CCN1)c1ccc(Cl)cc1. The lowest BCUT2D eigenvalue weighted by atomic mass is 10.0. The fourth-order valence-electron chi connectivity index (χ4n) is 1.66. The van der Waals surface area contributed by atoms with E-state index >= 15 is 0 Å². The third-order valence-electron chi connectivity index (χ3n) is 2.81. The molecule has 1 aliphatic heterocycles. The van der Waals surface area contributed by atoms with E-state index in [0.29, 0.717) is 16.6 Å². The highest BCUT2D eigenvalue weighted by Gasteiger charge is 2.15. The molecule has 1 saturated heterocycles. The zero-order valence-corrected chi connectivity index (χ0v) is 9.76. The largest absolute Gasteiger partial charge is 0.352 e. The van der Waals surface area contributed by atoms with Gasteiger partial charge in [-0.15, -0.1) is 0 Å². The summed E-state index contributed by atoms with van der Waals surface area (Å²) in [5, 5.41) is 6.84. The molecule has 1 fully saturated rings. The van der Waals surface area contributed by atoms with E-state index in [1.54, 1.807) is 24.3 Å². The Morgan fingerprint density at radius 3 is 2.69 bits per heavy atom. The average Bonchev–Trinajstić information content (AvgIpc) is 2.22. The molecule has 1 atom stereocenters. The normalized spacial score (nSPS) is 18.9. The number of rotatable bonds is 4. The van der Waals surface area contributed by atoms with Gasteiger partial charge in [-0.05, 0) is 43.7 Å². The third kappa shape index (κ3) is 2.97. The van der Waals surface area contributed by atoms with E-state index in [9.17, 15) is 4.79 Å². The summed E-state index contributed by atoms with van der Waals surface area (Å²) in [5.41, 5.74) is 0.658. The lowest BCUT2D eigenvalue weighted by molar-refractivity contribution is 0.0951. The molecule has 0 aromatic heterocycles. The molecule has 86 valence electrons. The Labute approximate surface area is 100 Å². The van der Waals surface area contributed by atoms with Crippen molar-refractivity contribution in [2.75, 3.05) is 13.1 Å². The quantitative estimate of drug-likeness (QED) is 0.840. The minimum atomic E-state index is -0.0315. The maximum atomic E-state index is 11.7. The van der Waals surface area contributed by atoms with Crippen LogP contribution in [0.5, 0.6) is 0 Å². The fourth-order valence-corrected chi connectivity index (χ4v) is 1.78. The Kier molecular flexibility index (Phi) is 3.80. The van der Waals surface area contributed by atoms with Crippen LogP contribution in [0.4, 0.5) is 0 Å². The van der Waals surface area contributed by atoms with Crippen LogP contribution >= 0.6 is 11.6 Å². The van der Waals surface area contributed by atoms with Gasteiger partial charge in [0.25, 0.3) is 5.91 Å². The lowest BCUT2D eigenvalue weighted by Crippen LogP contribution is -2.44. The van der Waals surface area contributed by atoms with E-state index in [1.165, 1.54) is 6.42 Å². The van der Waals surface area contributed by atoms with Crippen LogP contribution < -0.4 is 10.6 Å². The molecule has 16 heavy (non-hydrogen) atoms. The Morgan fingerprint density at radius 1 is 1.44 bits per heavy atom. The van der Waals surface area contributed by atoms with Crippen molar-refractivity contribution in [3.63, 3.8) is 0 Å². The average molecular weight is 239 g/mol. The highest BCUT2D eigenvalue weighted by Crippen LogP contribution is 2.09. The van der Waals surface area contributed by atoms with E-state index in [-0.39, 0.29) is 5.91 Å². The van der Waals surface area contributed by atoms with Crippen LogP contribution in [-0.2, 0) is 0 Å². The first-order valence-corrected chi connectivity index (χ1v) is 5.90. The van der Waals surface area contributed by atoms with Crippen molar-refractivity contribution >= 4 is 17.5 Å². The third-order valence-corrected chi connectivity index (χ3v) is 3.06. The first kappa shape index (κ1) is 11.4. The van der Waals surface area contributed by atoms with Crippen LogP contribution in [0.2, 0.25) is 5.02 Å². The molecular weight excluding hydrogens is 224 g/mol. The van der Waals surface area contributed by atoms with Crippen LogP contribution in [0.15, 0.2) is 24.3 Å². The van der Waals surface area contributed by atoms with Crippen LogP contribution in [0.1, 0.15) is 23.2 Å². The van der Waals surface area contributed by atoms with Crippen molar-refractivity contribution < 1.29 is 4.79 Å². The highest BCUT2D eigenvalue weighted by molar-refractivity contribution is 6.30. The van der Waals surface area contributed by atoms with Crippen LogP contribution in [0.3, 0.4) is 0 Å². The van der Waals surface area contributed by atoms with Crippen molar-refractivity contribution in [2.24, 2.45) is 0 Å². The second kappa shape index (κ2) is 5.32.